The van der Waals surface area contributed by atoms with E-state index in [0.717, 1.165) is 40.8 Å². The summed E-state index contributed by atoms with van der Waals surface area (Å²) < 4.78 is 6.04. The Labute approximate surface area is 183 Å². The normalized spacial score (nSPS) is 24.5. The van der Waals surface area contributed by atoms with Crippen molar-refractivity contribution in [2.24, 2.45) is 5.92 Å². The van der Waals surface area contributed by atoms with Crippen LogP contribution >= 0.6 is 0 Å². The standard InChI is InChI=1S/C25H31N3O3/c1-15-21(16(2)28-27-15)9-11-25(30)26-14-20-13-19-12-18(8-10-24(19)31-20)23-7-5-4-6-22(23)17(3)29/h4-8,10,12,15-16,20-21,27-28H,9,11,13-14H2,1-3H3,(H,26,30). The molecular weight excluding hydrogens is 390 g/mol. The third-order valence-corrected chi connectivity index (χ3v) is 6.47. The predicted molar refractivity (Wildman–Crippen MR) is 121 cm³/mol. The van der Waals surface area contributed by atoms with E-state index in [1.807, 2.05) is 36.4 Å². The Morgan fingerprint density at radius 1 is 1.10 bits per heavy atom. The number of hydrogen-bond donors (Lipinski definition) is 3. The van der Waals surface area contributed by atoms with Gasteiger partial charge in [0.05, 0.1) is 6.54 Å². The third kappa shape index (κ3) is 4.81. The van der Waals surface area contributed by atoms with Gasteiger partial charge < -0.3 is 10.1 Å². The smallest absolute Gasteiger partial charge is 0.220 e. The van der Waals surface area contributed by atoms with E-state index in [-0.39, 0.29) is 17.8 Å². The van der Waals surface area contributed by atoms with E-state index < -0.39 is 0 Å². The minimum absolute atomic E-state index is 0.0564. The van der Waals surface area contributed by atoms with Gasteiger partial charge in [0.1, 0.15) is 11.9 Å². The average Bonchev–Trinajstić information content (AvgIpc) is 3.32. The molecule has 6 heteroatoms. The van der Waals surface area contributed by atoms with Gasteiger partial charge in [-0.2, -0.15) is 0 Å². The molecule has 31 heavy (non-hydrogen) atoms. The highest BCUT2D eigenvalue weighted by atomic mass is 16.5. The first kappa shape index (κ1) is 21.5. The maximum atomic E-state index is 12.3. The van der Waals surface area contributed by atoms with Crippen molar-refractivity contribution in [3.8, 4) is 16.9 Å². The first-order valence-electron chi connectivity index (χ1n) is 11.1. The van der Waals surface area contributed by atoms with Crippen molar-refractivity contribution in [3.63, 3.8) is 0 Å². The number of amides is 1. The summed E-state index contributed by atoms with van der Waals surface area (Å²) in [6.45, 7) is 6.38. The van der Waals surface area contributed by atoms with Crippen LogP contribution in [0, 0.1) is 5.92 Å². The molecule has 0 aliphatic carbocycles. The molecule has 2 aliphatic rings. The SMILES string of the molecule is CC(=O)c1ccccc1-c1ccc2c(c1)CC(CNC(=O)CCC1C(C)NNC1C)O2. The zero-order valence-electron chi connectivity index (χ0n) is 18.4. The number of benzene rings is 2. The van der Waals surface area contributed by atoms with E-state index in [4.69, 9.17) is 4.74 Å². The molecule has 0 spiro atoms. The molecule has 4 rings (SSSR count). The molecule has 1 fully saturated rings. The summed E-state index contributed by atoms with van der Waals surface area (Å²) in [4.78, 5) is 24.3. The lowest BCUT2D eigenvalue weighted by atomic mass is 9.91. The van der Waals surface area contributed by atoms with Gasteiger partial charge >= 0.3 is 0 Å². The van der Waals surface area contributed by atoms with Crippen LogP contribution in [-0.4, -0.2) is 36.4 Å². The van der Waals surface area contributed by atoms with Gasteiger partial charge in [0.2, 0.25) is 5.91 Å². The molecule has 0 bridgehead atoms. The number of nitrogens with one attached hydrogen (secondary N) is 3. The van der Waals surface area contributed by atoms with Crippen LogP contribution in [-0.2, 0) is 11.2 Å². The lowest BCUT2D eigenvalue weighted by Crippen LogP contribution is -2.35. The Morgan fingerprint density at radius 2 is 1.84 bits per heavy atom. The molecule has 2 heterocycles. The highest BCUT2D eigenvalue weighted by Crippen LogP contribution is 2.34. The molecule has 3 unspecified atom stereocenters. The second-order valence-electron chi connectivity index (χ2n) is 8.74. The van der Waals surface area contributed by atoms with Gasteiger partial charge in [0.25, 0.3) is 0 Å². The predicted octanol–water partition coefficient (Wildman–Crippen LogP) is 3.26. The number of hydrogen-bond acceptors (Lipinski definition) is 5. The number of ketones is 1. The molecule has 3 N–H and O–H groups in total. The number of carbonyl (C=O) groups excluding carboxylic acids is 2. The molecule has 1 saturated heterocycles. The molecule has 1 amide bonds. The summed E-state index contributed by atoms with van der Waals surface area (Å²) in [5.74, 6) is 1.44. The Kier molecular flexibility index (Phi) is 6.39. The fourth-order valence-electron chi connectivity index (χ4n) is 4.67. The zero-order valence-corrected chi connectivity index (χ0v) is 18.4. The topological polar surface area (TPSA) is 79.5 Å². The number of carbonyl (C=O) groups is 2. The van der Waals surface area contributed by atoms with Gasteiger partial charge in [0, 0.05) is 30.5 Å². The van der Waals surface area contributed by atoms with E-state index in [9.17, 15) is 9.59 Å². The van der Waals surface area contributed by atoms with Gasteiger partial charge in [-0.05, 0) is 61.9 Å². The van der Waals surface area contributed by atoms with Gasteiger partial charge in [-0.1, -0.05) is 30.3 Å². The number of fused-ring (bicyclic) bond motifs is 1. The largest absolute Gasteiger partial charge is 0.488 e. The molecular formula is C25H31N3O3. The Bertz CT molecular complexity index is 964. The van der Waals surface area contributed by atoms with Crippen molar-refractivity contribution in [1.29, 1.82) is 0 Å². The van der Waals surface area contributed by atoms with Crippen LogP contribution in [0.5, 0.6) is 5.75 Å². The zero-order chi connectivity index (χ0) is 22.0. The van der Waals surface area contributed by atoms with E-state index in [1.165, 1.54) is 0 Å². The van der Waals surface area contributed by atoms with Crippen LogP contribution in [0.4, 0.5) is 0 Å². The maximum absolute atomic E-state index is 12.3. The maximum Gasteiger partial charge on any atom is 0.220 e. The van der Waals surface area contributed by atoms with E-state index >= 15 is 0 Å². The van der Waals surface area contributed by atoms with Crippen LogP contribution < -0.4 is 20.9 Å². The number of Topliss-reactive ketones (excluding diaryl/α,β-unsaturated/α-hetero) is 1. The average molecular weight is 422 g/mol. The van der Waals surface area contributed by atoms with Gasteiger partial charge in [0.15, 0.2) is 5.78 Å². The first-order chi connectivity index (χ1) is 14.9. The molecule has 3 atom stereocenters. The Hall–Kier alpha value is -2.70. The molecule has 6 nitrogen and oxygen atoms in total. The fourth-order valence-corrected chi connectivity index (χ4v) is 4.67. The summed E-state index contributed by atoms with van der Waals surface area (Å²) in [6.07, 6.45) is 2.06. The molecule has 2 aromatic rings. The van der Waals surface area contributed by atoms with Crippen LogP contribution in [0.25, 0.3) is 11.1 Å². The van der Waals surface area contributed by atoms with Crippen LogP contribution in [0.2, 0.25) is 0 Å². The molecule has 2 aromatic carbocycles. The highest BCUT2D eigenvalue weighted by molar-refractivity contribution is 6.00. The highest BCUT2D eigenvalue weighted by Gasteiger charge is 2.30. The molecule has 2 aliphatic heterocycles. The van der Waals surface area contributed by atoms with Crippen molar-refractivity contribution >= 4 is 11.7 Å². The summed E-state index contributed by atoms with van der Waals surface area (Å²) in [5.41, 5.74) is 10.3. The van der Waals surface area contributed by atoms with Crippen LogP contribution in [0.1, 0.15) is 49.5 Å². The minimum Gasteiger partial charge on any atom is -0.488 e. The van der Waals surface area contributed by atoms with Crippen molar-refractivity contribution in [3.05, 3.63) is 53.6 Å². The molecule has 0 aromatic heterocycles. The molecule has 0 saturated carbocycles. The van der Waals surface area contributed by atoms with E-state index in [2.05, 4.69) is 36.1 Å². The van der Waals surface area contributed by atoms with Crippen molar-refractivity contribution in [2.45, 2.75) is 58.2 Å². The minimum atomic E-state index is -0.0649. The van der Waals surface area contributed by atoms with E-state index in [0.29, 0.717) is 31.0 Å². The van der Waals surface area contributed by atoms with Crippen molar-refractivity contribution in [1.82, 2.24) is 16.2 Å². The van der Waals surface area contributed by atoms with Crippen molar-refractivity contribution in [2.75, 3.05) is 6.54 Å². The quantitative estimate of drug-likeness (QED) is 0.598. The van der Waals surface area contributed by atoms with Crippen LogP contribution in [0.15, 0.2) is 42.5 Å². The summed E-state index contributed by atoms with van der Waals surface area (Å²) in [5, 5.41) is 3.03. The Balaban J connectivity index is 1.32. The lowest BCUT2D eigenvalue weighted by molar-refractivity contribution is -0.121. The second-order valence-corrected chi connectivity index (χ2v) is 8.74. The van der Waals surface area contributed by atoms with Gasteiger partial charge in [-0.15, -0.1) is 0 Å². The van der Waals surface area contributed by atoms with Gasteiger partial charge in [-0.3, -0.25) is 20.4 Å². The summed E-state index contributed by atoms with van der Waals surface area (Å²) in [7, 11) is 0. The fraction of sp³-hybridized carbons (Fsp3) is 0.440. The number of hydrazine groups is 1. The first-order valence-corrected chi connectivity index (χ1v) is 11.1. The number of rotatable bonds is 7. The third-order valence-electron chi connectivity index (χ3n) is 6.47. The van der Waals surface area contributed by atoms with Crippen LogP contribution in [0.3, 0.4) is 0 Å². The Morgan fingerprint density at radius 3 is 2.58 bits per heavy atom. The van der Waals surface area contributed by atoms with Gasteiger partial charge in [-0.25, -0.2) is 0 Å². The summed E-state index contributed by atoms with van der Waals surface area (Å²) in [6, 6.07) is 14.5. The summed E-state index contributed by atoms with van der Waals surface area (Å²) >= 11 is 0. The van der Waals surface area contributed by atoms with E-state index in [1.54, 1.807) is 6.92 Å². The van der Waals surface area contributed by atoms with Crippen molar-refractivity contribution < 1.29 is 14.3 Å². The lowest BCUT2D eigenvalue weighted by Gasteiger charge is -2.17. The molecule has 164 valence electrons. The second kappa shape index (κ2) is 9.20. The number of ether oxygens (including phenoxy) is 1. The monoisotopic (exact) mass is 421 g/mol. The molecule has 0 radical (unpaired) electrons.